The molecule has 0 aliphatic carbocycles. The van der Waals surface area contributed by atoms with Gasteiger partial charge in [-0.2, -0.15) is 0 Å². The molecule has 17 heavy (non-hydrogen) atoms. The molecule has 1 unspecified atom stereocenters. The molecule has 0 radical (unpaired) electrons. The Balaban J connectivity index is 2.25. The molecule has 94 valence electrons. The molecule has 0 saturated carbocycles. The molecular formula is C14H20O3. The van der Waals surface area contributed by atoms with E-state index in [4.69, 9.17) is 14.6 Å². The normalized spacial score (nSPS) is 16.0. The van der Waals surface area contributed by atoms with Gasteiger partial charge in [0.05, 0.1) is 0 Å². The third-order valence-electron chi connectivity index (χ3n) is 3.24. The summed E-state index contributed by atoms with van der Waals surface area (Å²) in [4.78, 5) is 0. The van der Waals surface area contributed by atoms with E-state index in [1.165, 1.54) is 5.56 Å². The first-order valence-corrected chi connectivity index (χ1v) is 6.22. The van der Waals surface area contributed by atoms with E-state index in [0.717, 1.165) is 17.9 Å². The number of benzene rings is 1. The van der Waals surface area contributed by atoms with Crippen LogP contribution in [0, 0.1) is 5.92 Å². The summed E-state index contributed by atoms with van der Waals surface area (Å²) >= 11 is 0. The summed E-state index contributed by atoms with van der Waals surface area (Å²) in [6.07, 6.45) is 0.789. The van der Waals surface area contributed by atoms with Gasteiger partial charge in [0.2, 0.25) is 0 Å². The minimum atomic E-state index is 0.220. The van der Waals surface area contributed by atoms with Crippen LogP contribution in [-0.2, 0) is 0 Å². The van der Waals surface area contributed by atoms with Crippen molar-refractivity contribution in [3.05, 3.63) is 23.8 Å². The molecule has 1 aliphatic rings. The lowest BCUT2D eigenvalue weighted by Crippen LogP contribution is -2.16. The zero-order chi connectivity index (χ0) is 12.3. The van der Waals surface area contributed by atoms with Gasteiger partial charge in [-0.1, -0.05) is 19.9 Å². The lowest BCUT2D eigenvalue weighted by molar-refractivity contribution is 0.171. The number of ether oxygens (including phenoxy) is 2. The Hall–Kier alpha value is -1.22. The van der Waals surface area contributed by atoms with Crippen LogP contribution in [0.3, 0.4) is 0 Å². The summed E-state index contributed by atoms with van der Waals surface area (Å²) in [5.74, 6) is 2.53. The monoisotopic (exact) mass is 236 g/mol. The molecule has 0 aromatic heterocycles. The number of rotatable bonds is 4. The van der Waals surface area contributed by atoms with Crippen molar-refractivity contribution in [2.75, 3.05) is 19.8 Å². The zero-order valence-electron chi connectivity index (χ0n) is 10.5. The van der Waals surface area contributed by atoms with E-state index in [1.54, 1.807) is 0 Å². The van der Waals surface area contributed by atoms with Crippen molar-refractivity contribution in [2.45, 2.75) is 26.2 Å². The fraction of sp³-hybridized carbons (Fsp3) is 0.571. The summed E-state index contributed by atoms with van der Waals surface area (Å²) < 4.78 is 11.1. The van der Waals surface area contributed by atoms with Crippen LogP contribution in [-0.4, -0.2) is 24.9 Å². The second-order valence-corrected chi connectivity index (χ2v) is 4.77. The Labute approximate surface area is 102 Å². The second-order valence-electron chi connectivity index (χ2n) is 4.77. The maximum absolute atomic E-state index is 9.13. The molecule has 0 saturated heterocycles. The van der Waals surface area contributed by atoms with Crippen LogP contribution in [0.2, 0.25) is 0 Å². The molecule has 0 amide bonds. The largest absolute Gasteiger partial charge is 0.486 e. The van der Waals surface area contributed by atoms with E-state index in [9.17, 15) is 0 Å². The lowest BCUT2D eigenvalue weighted by Gasteiger charge is -2.24. The van der Waals surface area contributed by atoms with E-state index in [1.807, 2.05) is 6.07 Å². The summed E-state index contributed by atoms with van der Waals surface area (Å²) in [6.45, 7) is 5.81. The highest BCUT2D eigenvalue weighted by Crippen LogP contribution is 2.36. The fourth-order valence-corrected chi connectivity index (χ4v) is 2.31. The Morgan fingerprint density at radius 1 is 1.18 bits per heavy atom. The average Bonchev–Trinajstić information content (AvgIpc) is 2.35. The predicted molar refractivity (Wildman–Crippen MR) is 66.7 cm³/mol. The van der Waals surface area contributed by atoms with Gasteiger partial charge in [-0.3, -0.25) is 0 Å². The Morgan fingerprint density at radius 2 is 1.88 bits per heavy atom. The first-order chi connectivity index (χ1) is 8.22. The minimum absolute atomic E-state index is 0.220. The quantitative estimate of drug-likeness (QED) is 0.873. The van der Waals surface area contributed by atoms with Gasteiger partial charge in [-0.25, -0.2) is 0 Å². The first-order valence-electron chi connectivity index (χ1n) is 6.22. The molecule has 1 N–H and O–H groups in total. The Morgan fingerprint density at radius 3 is 2.53 bits per heavy atom. The standard InChI is InChI=1S/C14H20O3/c1-10(2)12(5-6-15)11-3-4-13-14(9-11)17-8-7-16-13/h3-4,9-10,12,15H,5-8H2,1-2H3. The van der Waals surface area contributed by atoms with Crippen LogP contribution in [0.1, 0.15) is 31.7 Å². The fourth-order valence-electron chi connectivity index (χ4n) is 2.31. The highest BCUT2D eigenvalue weighted by Gasteiger charge is 2.19. The lowest BCUT2D eigenvalue weighted by atomic mass is 9.86. The first kappa shape index (κ1) is 12.2. The van der Waals surface area contributed by atoms with Crippen LogP contribution in [0.5, 0.6) is 11.5 Å². The maximum atomic E-state index is 9.13. The van der Waals surface area contributed by atoms with Gasteiger partial charge < -0.3 is 14.6 Å². The van der Waals surface area contributed by atoms with E-state index >= 15 is 0 Å². The molecule has 3 nitrogen and oxygen atoms in total. The van der Waals surface area contributed by atoms with Gasteiger partial charge in [0, 0.05) is 6.61 Å². The van der Waals surface area contributed by atoms with Crippen molar-refractivity contribution >= 4 is 0 Å². The summed E-state index contributed by atoms with van der Waals surface area (Å²) in [6, 6.07) is 6.10. The Kier molecular flexibility index (Phi) is 3.89. The van der Waals surface area contributed by atoms with Gasteiger partial charge in [0.25, 0.3) is 0 Å². The number of hydrogen-bond donors (Lipinski definition) is 1. The van der Waals surface area contributed by atoms with Gasteiger partial charge >= 0.3 is 0 Å². The topological polar surface area (TPSA) is 38.7 Å². The molecule has 1 heterocycles. The smallest absolute Gasteiger partial charge is 0.161 e. The van der Waals surface area contributed by atoms with E-state index in [0.29, 0.717) is 25.0 Å². The van der Waals surface area contributed by atoms with Crippen LogP contribution in [0.25, 0.3) is 0 Å². The number of fused-ring (bicyclic) bond motifs is 1. The van der Waals surface area contributed by atoms with E-state index in [-0.39, 0.29) is 6.61 Å². The minimum Gasteiger partial charge on any atom is -0.486 e. The molecular weight excluding hydrogens is 216 g/mol. The van der Waals surface area contributed by atoms with Gasteiger partial charge in [0.1, 0.15) is 13.2 Å². The van der Waals surface area contributed by atoms with Crippen molar-refractivity contribution in [2.24, 2.45) is 5.92 Å². The molecule has 3 heteroatoms. The Bertz CT molecular complexity index is 374. The van der Waals surface area contributed by atoms with Crippen molar-refractivity contribution in [3.63, 3.8) is 0 Å². The van der Waals surface area contributed by atoms with Crippen LogP contribution in [0.4, 0.5) is 0 Å². The van der Waals surface area contributed by atoms with Crippen molar-refractivity contribution in [3.8, 4) is 11.5 Å². The van der Waals surface area contributed by atoms with Crippen LogP contribution < -0.4 is 9.47 Å². The SMILES string of the molecule is CC(C)C(CCO)c1ccc2c(c1)OCCO2. The third kappa shape index (κ3) is 2.72. The van der Waals surface area contributed by atoms with Gasteiger partial charge in [-0.05, 0) is 36.0 Å². The summed E-state index contributed by atoms with van der Waals surface area (Å²) in [7, 11) is 0. The summed E-state index contributed by atoms with van der Waals surface area (Å²) in [5.41, 5.74) is 1.22. The van der Waals surface area contributed by atoms with Crippen molar-refractivity contribution in [1.82, 2.24) is 0 Å². The van der Waals surface area contributed by atoms with Crippen LogP contribution in [0.15, 0.2) is 18.2 Å². The molecule has 0 fully saturated rings. The third-order valence-corrected chi connectivity index (χ3v) is 3.24. The zero-order valence-corrected chi connectivity index (χ0v) is 10.5. The number of aliphatic hydroxyl groups excluding tert-OH is 1. The number of aliphatic hydroxyl groups is 1. The highest BCUT2D eigenvalue weighted by atomic mass is 16.6. The highest BCUT2D eigenvalue weighted by molar-refractivity contribution is 5.44. The molecule has 0 bridgehead atoms. The van der Waals surface area contributed by atoms with Crippen molar-refractivity contribution in [1.29, 1.82) is 0 Å². The maximum Gasteiger partial charge on any atom is 0.161 e. The average molecular weight is 236 g/mol. The van der Waals surface area contributed by atoms with Gasteiger partial charge in [0.15, 0.2) is 11.5 Å². The molecule has 1 aromatic carbocycles. The molecule has 1 aliphatic heterocycles. The molecule has 1 aromatic rings. The predicted octanol–water partition coefficient (Wildman–Crippen LogP) is 2.58. The molecule has 2 rings (SSSR count). The van der Waals surface area contributed by atoms with Crippen molar-refractivity contribution < 1.29 is 14.6 Å². The van der Waals surface area contributed by atoms with E-state index in [2.05, 4.69) is 26.0 Å². The summed E-state index contributed by atoms with van der Waals surface area (Å²) in [5, 5.41) is 9.13. The van der Waals surface area contributed by atoms with Crippen LogP contribution >= 0.6 is 0 Å². The van der Waals surface area contributed by atoms with E-state index < -0.39 is 0 Å². The molecule has 1 atom stereocenters. The second kappa shape index (κ2) is 5.41. The number of hydrogen-bond acceptors (Lipinski definition) is 3. The molecule has 0 spiro atoms. The van der Waals surface area contributed by atoms with Gasteiger partial charge in [-0.15, -0.1) is 0 Å².